The van der Waals surface area contributed by atoms with Crippen LogP contribution >= 0.6 is 0 Å². The minimum absolute atomic E-state index is 0.0415. The summed E-state index contributed by atoms with van der Waals surface area (Å²) < 4.78 is 9.81. The summed E-state index contributed by atoms with van der Waals surface area (Å²) in [6.45, 7) is 4.69. The second kappa shape index (κ2) is 7.21. The first kappa shape index (κ1) is 17.6. The van der Waals surface area contributed by atoms with Gasteiger partial charge in [-0.05, 0) is 20.8 Å². The summed E-state index contributed by atoms with van der Waals surface area (Å²) in [5.41, 5.74) is 0.317. The van der Waals surface area contributed by atoms with E-state index in [1.807, 2.05) is 0 Å². The molecular formula is C18H18O6. The Bertz CT molecular complexity index is 726. The number of hydrogen-bond donors (Lipinski definition) is 0. The fourth-order valence-electron chi connectivity index (χ4n) is 2.65. The molecule has 0 atom stereocenters. The van der Waals surface area contributed by atoms with Crippen molar-refractivity contribution in [1.29, 1.82) is 0 Å². The summed E-state index contributed by atoms with van der Waals surface area (Å²) in [4.78, 5) is 49.8. The zero-order chi connectivity index (χ0) is 17.9. The van der Waals surface area contributed by atoms with Crippen molar-refractivity contribution < 1.29 is 28.7 Å². The topological polar surface area (TPSA) is 86.7 Å². The van der Waals surface area contributed by atoms with E-state index in [2.05, 4.69) is 0 Å². The Morgan fingerprint density at radius 1 is 0.917 bits per heavy atom. The Morgan fingerprint density at radius 2 is 1.38 bits per heavy atom. The lowest BCUT2D eigenvalue weighted by Gasteiger charge is -2.23. The number of ketones is 2. The third-order valence-electron chi connectivity index (χ3n) is 3.74. The highest BCUT2D eigenvalue weighted by atomic mass is 16.6. The first-order valence-electron chi connectivity index (χ1n) is 7.66. The summed E-state index contributed by atoms with van der Waals surface area (Å²) in [7, 11) is 0. The van der Waals surface area contributed by atoms with Crippen LogP contribution in [0.25, 0.3) is 0 Å². The molecule has 0 aliphatic heterocycles. The summed E-state index contributed by atoms with van der Waals surface area (Å²) in [5.74, 6) is -4.28. The molecule has 0 bridgehead atoms. The van der Waals surface area contributed by atoms with Crippen molar-refractivity contribution in [3.8, 4) is 0 Å². The average Bonchev–Trinajstić information content (AvgIpc) is 2.57. The molecule has 0 fully saturated rings. The number of fused-ring (bicyclic) bond motifs is 1. The Morgan fingerprint density at radius 3 is 1.83 bits per heavy atom. The Balaban J connectivity index is 2.58. The number of allylic oxidation sites excluding steroid dienone is 1. The van der Waals surface area contributed by atoms with Gasteiger partial charge in [-0.2, -0.15) is 0 Å². The van der Waals surface area contributed by atoms with Gasteiger partial charge in [-0.25, -0.2) is 0 Å². The van der Waals surface area contributed by atoms with Crippen LogP contribution in [-0.2, 0) is 19.1 Å². The van der Waals surface area contributed by atoms with Gasteiger partial charge in [0.15, 0.2) is 17.5 Å². The molecule has 126 valence electrons. The highest BCUT2D eigenvalue weighted by Crippen LogP contribution is 2.31. The number of rotatable bonds is 5. The van der Waals surface area contributed by atoms with Crippen molar-refractivity contribution in [3.63, 3.8) is 0 Å². The monoisotopic (exact) mass is 330 g/mol. The molecule has 1 aromatic rings. The van der Waals surface area contributed by atoms with E-state index in [4.69, 9.17) is 9.47 Å². The highest BCUT2D eigenvalue weighted by Gasteiger charge is 2.42. The van der Waals surface area contributed by atoms with Crippen LogP contribution in [0.5, 0.6) is 0 Å². The molecule has 1 aliphatic rings. The molecular weight excluding hydrogens is 312 g/mol. The minimum atomic E-state index is -1.56. The summed E-state index contributed by atoms with van der Waals surface area (Å²) in [5, 5.41) is 0. The minimum Gasteiger partial charge on any atom is -0.465 e. The van der Waals surface area contributed by atoms with Gasteiger partial charge >= 0.3 is 11.9 Å². The summed E-state index contributed by atoms with van der Waals surface area (Å²) >= 11 is 0. The number of ether oxygens (including phenoxy) is 2. The molecule has 0 N–H and O–H groups in total. The predicted molar refractivity (Wildman–Crippen MR) is 84.6 cm³/mol. The molecule has 0 saturated carbocycles. The number of benzene rings is 1. The van der Waals surface area contributed by atoms with Crippen molar-refractivity contribution in [2.45, 2.75) is 20.8 Å². The van der Waals surface area contributed by atoms with Crippen LogP contribution in [-0.4, -0.2) is 36.7 Å². The van der Waals surface area contributed by atoms with Crippen LogP contribution in [0, 0.1) is 5.92 Å². The van der Waals surface area contributed by atoms with Crippen LogP contribution in [0.2, 0.25) is 0 Å². The lowest BCUT2D eigenvalue weighted by atomic mass is 9.79. The van der Waals surface area contributed by atoms with Gasteiger partial charge in [0.1, 0.15) is 0 Å². The number of carbonyl (C=O) groups excluding carboxylic acids is 4. The van der Waals surface area contributed by atoms with Gasteiger partial charge in [0.05, 0.1) is 13.2 Å². The third kappa shape index (κ3) is 2.99. The molecule has 1 aliphatic carbocycles. The third-order valence-corrected chi connectivity index (χ3v) is 3.74. The summed E-state index contributed by atoms with van der Waals surface area (Å²) in [6, 6.07) is 6.30. The molecule has 6 heteroatoms. The SMILES string of the molecule is CCOC(=O)C(C(=O)OCC)C1=C(C)C(=O)c2ccccc2C1=O. The number of esters is 2. The fraction of sp³-hybridized carbons (Fsp3) is 0.333. The first-order valence-corrected chi connectivity index (χ1v) is 7.66. The van der Waals surface area contributed by atoms with Crippen molar-refractivity contribution in [2.24, 2.45) is 5.92 Å². The van der Waals surface area contributed by atoms with E-state index in [0.717, 1.165) is 0 Å². The van der Waals surface area contributed by atoms with Crippen molar-refractivity contribution >= 4 is 23.5 Å². The Labute approximate surface area is 139 Å². The molecule has 0 spiro atoms. The van der Waals surface area contributed by atoms with Gasteiger partial charge in [0.2, 0.25) is 0 Å². The standard InChI is InChI=1S/C18H18O6/c1-4-23-17(21)14(18(22)24-5-2)13-10(3)15(19)11-8-6-7-9-12(11)16(13)20/h6-9,14H,4-5H2,1-3H3. The van der Waals surface area contributed by atoms with Crippen molar-refractivity contribution in [2.75, 3.05) is 13.2 Å². The molecule has 0 amide bonds. The van der Waals surface area contributed by atoms with Crippen LogP contribution in [0.1, 0.15) is 41.5 Å². The van der Waals surface area contributed by atoms with Gasteiger partial charge in [0.25, 0.3) is 0 Å². The van der Waals surface area contributed by atoms with Crippen molar-refractivity contribution in [3.05, 3.63) is 46.5 Å². The predicted octanol–water partition coefficient (Wildman–Crippen LogP) is 2.12. The Hall–Kier alpha value is -2.76. The molecule has 1 aromatic carbocycles. The van der Waals surface area contributed by atoms with Crippen LogP contribution < -0.4 is 0 Å². The average molecular weight is 330 g/mol. The lowest BCUT2D eigenvalue weighted by Crippen LogP contribution is -2.36. The lowest BCUT2D eigenvalue weighted by molar-refractivity contribution is -0.159. The van der Waals surface area contributed by atoms with Crippen molar-refractivity contribution in [1.82, 2.24) is 0 Å². The van der Waals surface area contributed by atoms with Crippen LogP contribution in [0.15, 0.2) is 35.4 Å². The van der Waals surface area contributed by atoms with E-state index >= 15 is 0 Å². The van der Waals surface area contributed by atoms with E-state index < -0.39 is 29.4 Å². The Kier molecular flexibility index (Phi) is 5.28. The molecule has 0 aromatic heterocycles. The fourth-order valence-corrected chi connectivity index (χ4v) is 2.65. The maximum atomic E-state index is 12.8. The number of hydrogen-bond acceptors (Lipinski definition) is 6. The molecule has 24 heavy (non-hydrogen) atoms. The first-order chi connectivity index (χ1) is 11.4. The van der Waals surface area contributed by atoms with E-state index in [1.165, 1.54) is 13.0 Å². The largest absolute Gasteiger partial charge is 0.465 e. The maximum Gasteiger partial charge on any atom is 0.325 e. The van der Waals surface area contributed by atoms with Gasteiger partial charge in [0, 0.05) is 22.3 Å². The second-order valence-corrected chi connectivity index (χ2v) is 5.18. The van der Waals surface area contributed by atoms with E-state index in [-0.39, 0.29) is 35.5 Å². The van der Waals surface area contributed by atoms with Gasteiger partial charge < -0.3 is 9.47 Å². The molecule has 0 heterocycles. The van der Waals surface area contributed by atoms with E-state index in [0.29, 0.717) is 0 Å². The second-order valence-electron chi connectivity index (χ2n) is 5.18. The maximum absolute atomic E-state index is 12.8. The van der Waals surface area contributed by atoms with Crippen LogP contribution in [0.4, 0.5) is 0 Å². The molecule has 2 rings (SSSR count). The molecule has 6 nitrogen and oxygen atoms in total. The number of Topliss-reactive ketones (excluding diaryl/α,β-unsaturated/α-hetero) is 2. The quantitative estimate of drug-likeness (QED) is 0.607. The van der Waals surface area contributed by atoms with E-state index in [9.17, 15) is 19.2 Å². The molecule has 0 unspecified atom stereocenters. The van der Waals surface area contributed by atoms with E-state index in [1.54, 1.807) is 32.0 Å². The molecule has 0 radical (unpaired) electrons. The van der Waals surface area contributed by atoms with Crippen LogP contribution in [0.3, 0.4) is 0 Å². The zero-order valence-corrected chi connectivity index (χ0v) is 13.8. The smallest absolute Gasteiger partial charge is 0.325 e. The molecule has 0 saturated heterocycles. The normalized spacial score (nSPS) is 13.8. The zero-order valence-electron chi connectivity index (χ0n) is 13.8. The summed E-state index contributed by atoms with van der Waals surface area (Å²) in [6.07, 6.45) is 0. The van der Waals surface area contributed by atoms with Gasteiger partial charge in [-0.1, -0.05) is 24.3 Å². The van der Waals surface area contributed by atoms with Gasteiger partial charge in [-0.3, -0.25) is 19.2 Å². The highest BCUT2D eigenvalue weighted by molar-refractivity contribution is 6.29. The number of carbonyl (C=O) groups is 4. The van der Waals surface area contributed by atoms with Gasteiger partial charge in [-0.15, -0.1) is 0 Å².